The quantitative estimate of drug-likeness (QED) is 0.909. The van der Waals surface area contributed by atoms with Crippen LogP contribution in [0, 0.1) is 5.92 Å². The van der Waals surface area contributed by atoms with Gasteiger partial charge >= 0.3 is 0 Å². The minimum Gasteiger partial charge on any atom is -0.361 e. The summed E-state index contributed by atoms with van der Waals surface area (Å²) in [6.07, 6.45) is 8.37. The zero-order chi connectivity index (χ0) is 15.1. The Morgan fingerprint density at radius 3 is 3.09 bits per heavy atom. The van der Waals surface area contributed by atoms with Crippen molar-refractivity contribution in [3.63, 3.8) is 0 Å². The highest BCUT2D eigenvalue weighted by Gasteiger charge is 2.40. The molecule has 118 valence electrons. The van der Waals surface area contributed by atoms with Gasteiger partial charge in [0, 0.05) is 35.6 Å². The number of nitrogens with zero attached hydrogens (tertiary/aromatic N) is 1. The first-order chi connectivity index (χ1) is 10.8. The van der Waals surface area contributed by atoms with Crippen molar-refractivity contribution in [1.82, 2.24) is 9.88 Å². The number of hydrogen-bond acceptors (Lipinski definition) is 2. The summed E-state index contributed by atoms with van der Waals surface area (Å²) in [5, 5.41) is 1.53. The minimum absolute atomic E-state index is 0.715. The second kappa shape index (κ2) is 5.93. The molecule has 1 aromatic heterocycles. The zero-order valence-electron chi connectivity index (χ0n) is 13.6. The van der Waals surface area contributed by atoms with E-state index in [9.17, 15) is 0 Å². The van der Waals surface area contributed by atoms with E-state index >= 15 is 0 Å². The Bertz CT molecular complexity index is 662. The molecule has 4 rings (SSSR count). The number of H-pyrrole nitrogens is 1. The van der Waals surface area contributed by atoms with E-state index in [2.05, 4.69) is 47.5 Å². The molecule has 3 atom stereocenters. The number of rotatable bonds is 4. The Hall–Kier alpha value is -0.930. The molecule has 1 aromatic carbocycles. The van der Waals surface area contributed by atoms with Crippen LogP contribution >= 0.6 is 11.8 Å². The summed E-state index contributed by atoms with van der Waals surface area (Å²) in [5.74, 6) is 2.88. The van der Waals surface area contributed by atoms with Crippen molar-refractivity contribution in [3.05, 3.63) is 35.5 Å². The van der Waals surface area contributed by atoms with Gasteiger partial charge in [0.1, 0.15) is 0 Å². The van der Waals surface area contributed by atoms with Crippen LogP contribution in [0.4, 0.5) is 0 Å². The fourth-order valence-corrected chi connectivity index (χ4v) is 5.51. The molecule has 2 heterocycles. The molecule has 0 radical (unpaired) electrons. The number of fused-ring (bicyclic) bond motifs is 2. The van der Waals surface area contributed by atoms with Gasteiger partial charge in [0.15, 0.2) is 0 Å². The lowest BCUT2D eigenvalue weighted by molar-refractivity contribution is 0.0926. The van der Waals surface area contributed by atoms with Gasteiger partial charge in [0.25, 0.3) is 0 Å². The Labute approximate surface area is 137 Å². The first kappa shape index (κ1) is 14.6. The van der Waals surface area contributed by atoms with E-state index < -0.39 is 0 Å². The van der Waals surface area contributed by atoms with E-state index in [0.717, 1.165) is 11.8 Å². The first-order valence-electron chi connectivity index (χ1n) is 8.63. The lowest BCUT2D eigenvalue weighted by Crippen LogP contribution is -2.50. The summed E-state index contributed by atoms with van der Waals surface area (Å²) in [4.78, 5) is 6.29. The smallest absolute Gasteiger partial charge is 0.0459 e. The second-order valence-electron chi connectivity index (χ2n) is 7.01. The zero-order valence-corrected chi connectivity index (χ0v) is 14.5. The molecule has 0 bridgehead atoms. The normalized spacial score (nSPS) is 28.0. The number of aromatic nitrogens is 1. The molecule has 1 aliphatic heterocycles. The van der Waals surface area contributed by atoms with E-state index in [1.54, 1.807) is 5.56 Å². The summed E-state index contributed by atoms with van der Waals surface area (Å²) in [6.45, 7) is 4.87. The molecule has 0 spiro atoms. The van der Waals surface area contributed by atoms with Gasteiger partial charge in [-0.05, 0) is 60.9 Å². The van der Waals surface area contributed by atoms with Crippen molar-refractivity contribution in [3.8, 4) is 0 Å². The molecule has 2 aromatic rings. The molecule has 1 unspecified atom stereocenters. The van der Waals surface area contributed by atoms with Crippen LogP contribution in [-0.2, 0) is 6.42 Å². The molecule has 2 aliphatic rings. The maximum atomic E-state index is 3.49. The maximum Gasteiger partial charge on any atom is 0.0459 e. The van der Waals surface area contributed by atoms with Gasteiger partial charge in [-0.15, -0.1) is 0 Å². The summed E-state index contributed by atoms with van der Waals surface area (Å²) < 4.78 is 0. The third kappa shape index (κ3) is 2.30. The van der Waals surface area contributed by atoms with Crippen molar-refractivity contribution in [2.24, 2.45) is 5.92 Å². The second-order valence-corrected chi connectivity index (χ2v) is 7.92. The highest BCUT2D eigenvalue weighted by atomic mass is 32.2. The lowest BCUT2D eigenvalue weighted by atomic mass is 9.72. The van der Waals surface area contributed by atoms with Crippen LogP contribution in [0.2, 0.25) is 0 Å². The number of piperidine rings is 1. The first-order valence-corrected chi connectivity index (χ1v) is 10.0. The third-order valence-corrected chi connectivity index (χ3v) is 6.38. The Morgan fingerprint density at radius 2 is 2.27 bits per heavy atom. The largest absolute Gasteiger partial charge is 0.361 e. The number of nitrogens with one attached hydrogen (secondary N) is 1. The Balaban J connectivity index is 1.75. The fourth-order valence-electron chi connectivity index (χ4n) is 4.80. The molecule has 2 nitrogen and oxygen atoms in total. The van der Waals surface area contributed by atoms with E-state index in [-0.39, 0.29) is 0 Å². The van der Waals surface area contributed by atoms with Crippen molar-refractivity contribution in [1.29, 1.82) is 0 Å². The summed E-state index contributed by atoms with van der Waals surface area (Å²) in [5.41, 5.74) is 4.48. The standard InChI is InChI=1S/C19H26N2S/c1-3-7-21-11-13(12-22-2)8-16-15-5-4-6-17-19(15)14(10-20-17)9-18(16)21/h4-6,10,13,16,18,20H,3,7-9,11-12H2,1-2H3/t13-,16?,18-/m1/s1. The molecule has 0 saturated carbocycles. The predicted octanol–water partition coefficient (Wildman–Crippen LogP) is 4.27. The van der Waals surface area contributed by atoms with E-state index in [0.29, 0.717) is 6.04 Å². The highest BCUT2D eigenvalue weighted by Crippen LogP contribution is 2.45. The molecule has 0 amide bonds. The minimum atomic E-state index is 0.715. The van der Waals surface area contributed by atoms with Crippen molar-refractivity contribution < 1.29 is 0 Å². The fraction of sp³-hybridized carbons (Fsp3) is 0.579. The van der Waals surface area contributed by atoms with Crippen LogP contribution in [0.15, 0.2) is 24.4 Å². The summed E-state index contributed by atoms with van der Waals surface area (Å²) in [6, 6.07) is 7.58. The van der Waals surface area contributed by atoms with Gasteiger partial charge in [-0.3, -0.25) is 4.90 Å². The van der Waals surface area contributed by atoms with Crippen LogP contribution in [0.1, 0.15) is 36.8 Å². The number of aromatic amines is 1. The summed E-state index contributed by atoms with van der Waals surface area (Å²) >= 11 is 2.01. The highest BCUT2D eigenvalue weighted by molar-refractivity contribution is 7.98. The molecule has 3 heteroatoms. The number of benzene rings is 1. The van der Waals surface area contributed by atoms with E-state index in [1.165, 1.54) is 54.6 Å². The van der Waals surface area contributed by atoms with Gasteiger partial charge in [-0.1, -0.05) is 19.1 Å². The van der Waals surface area contributed by atoms with Crippen LogP contribution < -0.4 is 0 Å². The third-order valence-electron chi connectivity index (χ3n) is 5.57. The van der Waals surface area contributed by atoms with Gasteiger partial charge in [0.05, 0.1) is 0 Å². The topological polar surface area (TPSA) is 19.0 Å². The van der Waals surface area contributed by atoms with Gasteiger partial charge in [-0.2, -0.15) is 11.8 Å². The van der Waals surface area contributed by atoms with Gasteiger partial charge < -0.3 is 4.98 Å². The van der Waals surface area contributed by atoms with Gasteiger partial charge in [-0.25, -0.2) is 0 Å². The SMILES string of the molecule is CCCN1C[C@H](CSC)CC2c3cccc4[nH]cc(c34)C[C@H]21. The molecule has 1 fully saturated rings. The van der Waals surface area contributed by atoms with Gasteiger partial charge in [0.2, 0.25) is 0 Å². The number of hydrogen-bond donors (Lipinski definition) is 1. The van der Waals surface area contributed by atoms with Crippen molar-refractivity contribution >= 4 is 22.7 Å². The molecule has 1 aliphatic carbocycles. The molecule has 22 heavy (non-hydrogen) atoms. The predicted molar refractivity (Wildman–Crippen MR) is 96.9 cm³/mol. The molecular weight excluding hydrogens is 288 g/mol. The average Bonchev–Trinajstić information content (AvgIpc) is 2.94. The van der Waals surface area contributed by atoms with Crippen molar-refractivity contribution in [2.45, 2.75) is 38.1 Å². The lowest BCUT2D eigenvalue weighted by Gasteiger charge is -2.47. The van der Waals surface area contributed by atoms with E-state index in [1.807, 2.05) is 11.8 Å². The van der Waals surface area contributed by atoms with Crippen LogP contribution in [0.5, 0.6) is 0 Å². The number of likely N-dealkylation sites (tertiary alicyclic amines) is 1. The van der Waals surface area contributed by atoms with Crippen LogP contribution in [0.3, 0.4) is 0 Å². The molecule has 1 N–H and O–H groups in total. The molecule has 1 saturated heterocycles. The Kier molecular flexibility index (Phi) is 3.95. The summed E-state index contributed by atoms with van der Waals surface area (Å²) in [7, 11) is 0. The van der Waals surface area contributed by atoms with Crippen LogP contribution in [-0.4, -0.2) is 41.0 Å². The van der Waals surface area contributed by atoms with E-state index in [4.69, 9.17) is 0 Å². The molecular formula is C19H26N2S. The number of thioether (sulfide) groups is 1. The Morgan fingerprint density at radius 1 is 1.36 bits per heavy atom. The maximum absolute atomic E-state index is 3.49. The van der Waals surface area contributed by atoms with Crippen LogP contribution in [0.25, 0.3) is 10.9 Å². The van der Waals surface area contributed by atoms with Crippen molar-refractivity contribution in [2.75, 3.05) is 25.1 Å². The monoisotopic (exact) mass is 314 g/mol. The average molecular weight is 314 g/mol.